The van der Waals surface area contributed by atoms with Crippen LogP contribution >= 0.6 is 27.3 Å². The molecule has 0 bridgehead atoms. The molecule has 0 saturated heterocycles. The minimum Gasteiger partial charge on any atom is -0.396 e. The van der Waals surface area contributed by atoms with Crippen LogP contribution in [-0.2, 0) is 0 Å². The monoisotopic (exact) mass is 305 g/mol. The average molecular weight is 306 g/mol. The highest BCUT2D eigenvalue weighted by molar-refractivity contribution is 9.11. The molecule has 5 heteroatoms. The molecule has 1 heterocycles. The molecule has 0 radical (unpaired) electrons. The van der Waals surface area contributed by atoms with Crippen LogP contribution in [0.4, 0.5) is 0 Å². The van der Waals surface area contributed by atoms with E-state index in [-0.39, 0.29) is 17.9 Å². The van der Waals surface area contributed by atoms with Gasteiger partial charge in [0.25, 0.3) is 5.91 Å². The van der Waals surface area contributed by atoms with Crippen LogP contribution in [0.1, 0.15) is 30.6 Å². The Balaban J connectivity index is 2.47. The third-order valence-electron chi connectivity index (χ3n) is 2.35. The van der Waals surface area contributed by atoms with Crippen LogP contribution in [0.25, 0.3) is 0 Å². The average Bonchev–Trinajstić information content (AvgIpc) is 2.61. The van der Waals surface area contributed by atoms with E-state index in [0.717, 1.165) is 3.79 Å². The Morgan fingerprint density at radius 3 is 2.81 bits per heavy atom. The van der Waals surface area contributed by atoms with Crippen molar-refractivity contribution < 1.29 is 9.90 Å². The second-order valence-corrected chi connectivity index (χ2v) is 6.75. The fourth-order valence-corrected chi connectivity index (χ4v) is 2.38. The van der Waals surface area contributed by atoms with Crippen molar-refractivity contribution in [2.24, 2.45) is 5.41 Å². The Morgan fingerprint density at radius 2 is 2.31 bits per heavy atom. The van der Waals surface area contributed by atoms with Crippen molar-refractivity contribution in [2.75, 3.05) is 13.2 Å². The smallest absolute Gasteiger partial charge is 0.252 e. The van der Waals surface area contributed by atoms with Crippen molar-refractivity contribution >= 4 is 33.2 Å². The quantitative estimate of drug-likeness (QED) is 0.878. The van der Waals surface area contributed by atoms with Gasteiger partial charge in [0.15, 0.2) is 0 Å². The van der Waals surface area contributed by atoms with Gasteiger partial charge in [-0.1, -0.05) is 13.8 Å². The third kappa shape index (κ3) is 4.23. The lowest BCUT2D eigenvalue weighted by Gasteiger charge is -2.23. The number of aliphatic hydroxyl groups is 1. The highest BCUT2D eigenvalue weighted by atomic mass is 79.9. The van der Waals surface area contributed by atoms with Gasteiger partial charge in [-0.2, -0.15) is 0 Å². The van der Waals surface area contributed by atoms with Crippen LogP contribution in [0.2, 0.25) is 0 Å². The maximum absolute atomic E-state index is 11.7. The van der Waals surface area contributed by atoms with Gasteiger partial charge in [-0.3, -0.25) is 4.79 Å². The Hall–Kier alpha value is -0.390. The number of aliphatic hydroxyl groups excluding tert-OH is 1. The van der Waals surface area contributed by atoms with Gasteiger partial charge in [-0.05, 0) is 33.8 Å². The Bertz CT molecular complexity index is 363. The summed E-state index contributed by atoms with van der Waals surface area (Å²) in [5, 5.41) is 13.6. The molecule has 0 aliphatic heterocycles. The summed E-state index contributed by atoms with van der Waals surface area (Å²) in [6.07, 6.45) is 0.681. The molecular formula is C11H16BrNO2S. The van der Waals surface area contributed by atoms with E-state index in [1.807, 2.05) is 19.2 Å². The number of nitrogens with one attached hydrogen (secondary N) is 1. The van der Waals surface area contributed by atoms with E-state index >= 15 is 0 Å². The molecular weight excluding hydrogens is 290 g/mol. The number of hydrogen-bond acceptors (Lipinski definition) is 3. The lowest BCUT2D eigenvalue weighted by atomic mass is 9.90. The predicted octanol–water partition coefficient (Wildman–Crippen LogP) is 2.65. The Kier molecular flexibility index (Phi) is 4.95. The van der Waals surface area contributed by atoms with Gasteiger partial charge < -0.3 is 10.4 Å². The lowest BCUT2D eigenvalue weighted by Crippen LogP contribution is -2.34. The summed E-state index contributed by atoms with van der Waals surface area (Å²) in [5.41, 5.74) is 0.606. The van der Waals surface area contributed by atoms with Gasteiger partial charge in [0.05, 0.1) is 9.35 Å². The normalized spacial score (nSPS) is 11.5. The second kappa shape index (κ2) is 5.80. The maximum atomic E-state index is 11.7. The van der Waals surface area contributed by atoms with Crippen LogP contribution in [-0.4, -0.2) is 24.2 Å². The number of thiophene rings is 1. The SMILES string of the molecule is CC(C)(CCO)CNC(=O)c1csc(Br)c1. The van der Waals surface area contributed by atoms with Crippen LogP contribution in [0.3, 0.4) is 0 Å². The minimum atomic E-state index is -0.0718. The van der Waals surface area contributed by atoms with Gasteiger partial charge in [0.2, 0.25) is 0 Å². The van der Waals surface area contributed by atoms with E-state index in [1.165, 1.54) is 11.3 Å². The standard InChI is InChI=1S/C11H16BrNO2S/c1-11(2,3-4-14)7-13-10(15)8-5-9(12)16-6-8/h5-6,14H,3-4,7H2,1-2H3,(H,13,15). The van der Waals surface area contributed by atoms with Crippen molar-refractivity contribution in [1.29, 1.82) is 0 Å². The number of carbonyl (C=O) groups is 1. The summed E-state index contributed by atoms with van der Waals surface area (Å²) in [5.74, 6) is -0.0621. The molecule has 2 N–H and O–H groups in total. The topological polar surface area (TPSA) is 49.3 Å². The number of hydrogen-bond donors (Lipinski definition) is 2. The molecule has 1 aromatic heterocycles. The summed E-state index contributed by atoms with van der Waals surface area (Å²) >= 11 is 4.81. The van der Waals surface area contributed by atoms with Gasteiger partial charge in [-0.25, -0.2) is 0 Å². The van der Waals surface area contributed by atoms with E-state index in [9.17, 15) is 4.79 Å². The van der Waals surface area contributed by atoms with Crippen molar-refractivity contribution in [2.45, 2.75) is 20.3 Å². The molecule has 0 atom stereocenters. The lowest BCUT2D eigenvalue weighted by molar-refractivity contribution is 0.0928. The maximum Gasteiger partial charge on any atom is 0.252 e. The van der Waals surface area contributed by atoms with E-state index in [0.29, 0.717) is 18.5 Å². The second-order valence-electron chi connectivity index (χ2n) is 4.46. The summed E-state index contributed by atoms with van der Waals surface area (Å²) in [6, 6.07) is 1.80. The number of halogens is 1. The highest BCUT2D eigenvalue weighted by Gasteiger charge is 2.18. The van der Waals surface area contributed by atoms with E-state index in [2.05, 4.69) is 21.2 Å². The van der Waals surface area contributed by atoms with Gasteiger partial charge in [0, 0.05) is 18.5 Å². The van der Waals surface area contributed by atoms with Crippen molar-refractivity contribution in [1.82, 2.24) is 5.32 Å². The molecule has 0 fully saturated rings. The van der Waals surface area contributed by atoms with Crippen molar-refractivity contribution in [3.8, 4) is 0 Å². The first-order chi connectivity index (χ1) is 7.44. The summed E-state index contributed by atoms with van der Waals surface area (Å²) in [4.78, 5) is 11.7. The first-order valence-electron chi connectivity index (χ1n) is 5.08. The van der Waals surface area contributed by atoms with E-state index < -0.39 is 0 Å². The van der Waals surface area contributed by atoms with Crippen LogP contribution in [0.5, 0.6) is 0 Å². The molecule has 0 spiro atoms. The fraction of sp³-hybridized carbons (Fsp3) is 0.545. The molecule has 1 amide bonds. The van der Waals surface area contributed by atoms with Gasteiger partial charge >= 0.3 is 0 Å². The molecule has 0 unspecified atom stereocenters. The molecule has 0 saturated carbocycles. The molecule has 1 aromatic rings. The zero-order valence-corrected chi connectivity index (χ0v) is 11.8. The Morgan fingerprint density at radius 1 is 1.62 bits per heavy atom. The summed E-state index contributed by atoms with van der Waals surface area (Å²) in [7, 11) is 0. The molecule has 1 rings (SSSR count). The van der Waals surface area contributed by atoms with Crippen molar-refractivity contribution in [3.63, 3.8) is 0 Å². The van der Waals surface area contributed by atoms with Gasteiger partial charge in [0.1, 0.15) is 0 Å². The number of amides is 1. The minimum absolute atomic E-state index is 0.0621. The molecule has 0 aliphatic rings. The predicted molar refractivity (Wildman–Crippen MR) is 69.8 cm³/mol. The zero-order valence-electron chi connectivity index (χ0n) is 9.42. The van der Waals surface area contributed by atoms with E-state index in [1.54, 1.807) is 6.07 Å². The molecule has 0 aliphatic carbocycles. The fourth-order valence-electron chi connectivity index (χ4n) is 1.24. The molecule has 90 valence electrons. The molecule has 16 heavy (non-hydrogen) atoms. The highest BCUT2D eigenvalue weighted by Crippen LogP contribution is 2.21. The van der Waals surface area contributed by atoms with E-state index in [4.69, 9.17) is 5.11 Å². The van der Waals surface area contributed by atoms with Crippen LogP contribution in [0, 0.1) is 5.41 Å². The van der Waals surface area contributed by atoms with Gasteiger partial charge in [-0.15, -0.1) is 11.3 Å². The molecule has 3 nitrogen and oxygen atoms in total. The molecule has 0 aromatic carbocycles. The number of rotatable bonds is 5. The Labute approximate surface area is 108 Å². The summed E-state index contributed by atoms with van der Waals surface area (Å²) < 4.78 is 0.951. The van der Waals surface area contributed by atoms with Crippen LogP contribution < -0.4 is 5.32 Å². The van der Waals surface area contributed by atoms with Crippen molar-refractivity contribution in [3.05, 3.63) is 20.8 Å². The summed E-state index contributed by atoms with van der Waals surface area (Å²) in [6.45, 7) is 4.76. The number of carbonyl (C=O) groups excluding carboxylic acids is 1. The first-order valence-corrected chi connectivity index (χ1v) is 6.75. The third-order valence-corrected chi connectivity index (χ3v) is 3.85. The largest absolute Gasteiger partial charge is 0.396 e. The zero-order chi connectivity index (χ0) is 12.2. The van der Waals surface area contributed by atoms with Crippen LogP contribution in [0.15, 0.2) is 15.2 Å². The first kappa shape index (κ1) is 13.7.